The van der Waals surface area contributed by atoms with Gasteiger partial charge in [-0.2, -0.15) is 0 Å². The summed E-state index contributed by atoms with van der Waals surface area (Å²) in [5, 5.41) is 0. The van der Waals surface area contributed by atoms with Crippen LogP contribution in [-0.4, -0.2) is 25.4 Å². The first-order valence-corrected chi connectivity index (χ1v) is 10.2. The molecular formula is C27H21FN2O2. The molecule has 1 aliphatic rings. The van der Waals surface area contributed by atoms with Crippen LogP contribution in [0.4, 0.5) is 4.39 Å². The van der Waals surface area contributed by atoms with E-state index in [4.69, 9.17) is 14.5 Å². The molecule has 4 aromatic rings. The Labute approximate surface area is 186 Å². The van der Waals surface area contributed by atoms with Gasteiger partial charge in [0.1, 0.15) is 22.9 Å². The van der Waals surface area contributed by atoms with E-state index in [-0.39, 0.29) is 5.82 Å². The zero-order valence-corrected chi connectivity index (χ0v) is 17.7. The summed E-state index contributed by atoms with van der Waals surface area (Å²) in [4.78, 5) is 9.25. The molecule has 0 bridgehead atoms. The molecule has 1 aliphatic heterocycles. The third-order valence-corrected chi connectivity index (χ3v) is 5.87. The standard InChI is InChI=1S/C27H21FN2O2/c1-31-24-10-7-21(8-11-24)27(26-14-23(28)9-6-19(26)16-30-27)22-5-3-4-18(12-22)20-13-25(32-2)17-29-15-20/h3-17H,1-2H3. The van der Waals surface area contributed by atoms with Crippen LogP contribution in [0.3, 0.4) is 0 Å². The molecule has 0 aliphatic carbocycles. The van der Waals surface area contributed by atoms with Gasteiger partial charge in [-0.1, -0.05) is 36.4 Å². The Balaban J connectivity index is 1.73. The van der Waals surface area contributed by atoms with Gasteiger partial charge in [0.15, 0.2) is 0 Å². The minimum atomic E-state index is -0.869. The van der Waals surface area contributed by atoms with E-state index in [1.807, 2.05) is 54.7 Å². The van der Waals surface area contributed by atoms with Gasteiger partial charge in [-0.3, -0.25) is 9.98 Å². The van der Waals surface area contributed by atoms with Gasteiger partial charge in [0, 0.05) is 23.5 Å². The molecule has 158 valence electrons. The Hall–Kier alpha value is -3.99. The first kappa shape index (κ1) is 19.9. The molecule has 0 fully saturated rings. The van der Waals surface area contributed by atoms with E-state index < -0.39 is 5.54 Å². The topological polar surface area (TPSA) is 43.7 Å². The van der Waals surface area contributed by atoms with Crippen LogP contribution in [0, 0.1) is 5.82 Å². The number of aliphatic imine (C=N–C) groups is 1. The van der Waals surface area contributed by atoms with Crippen LogP contribution in [0.2, 0.25) is 0 Å². The molecule has 0 radical (unpaired) electrons. The summed E-state index contributed by atoms with van der Waals surface area (Å²) in [5.74, 6) is 1.14. The summed E-state index contributed by atoms with van der Waals surface area (Å²) in [6, 6.07) is 22.6. The van der Waals surface area contributed by atoms with E-state index in [9.17, 15) is 4.39 Å². The van der Waals surface area contributed by atoms with E-state index in [0.29, 0.717) is 5.75 Å². The highest BCUT2D eigenvalue weighted by molar-refractivity contribution is 5.89. The van der Waals surface area contributed by atoms with Gasteiger partial charge < -0.3 is 9.47 Å². The minimum Gasteiger partial charge on any atom is -0.497 e. The number of halogens is 1. The second-order valence-electron chi connectivity index (χ2n) is 7.62. The molecule has 0 N–H and O–H groups in total. The average Bonchev–Trinajstić information content (AvgIpc) is 3.23. The van der Waals surface area contributed by atoms with E-state index in [1.54, 1.807) is 38.7 Å². The molecule has 1 aromatic heterocycles. The van der Waals surface area contributed by atoms with Crippen molar-refractivity contribution in [1.82, 2.24) is 4.98 Å². The number of fused-ring (bicyclic) bond motifs is 1. The molecule has 32 heavy (non-hydrogen) atoms. The summed E-state index contributed by atoms with van der Waals surface area (Å²) in [5.41, 5.74) is 4.61. The van der Waals surface area contributed by atoms with Crippen molar-refractivity contribution in [2.24, 2.45) is 4.99 Å². The van der Waals surface area contributed by atoms with Crippen molar-refractivity contribution < 1.29 is 13.9 Å². The highest BCUT2D eigenvalue weighted by Crippen LogP contribution is 2.46. The van der Waals surface area contributed by atoms with Crippen molar-refractivity contribution in [2.45, 2.75) is 5.54 Å². The quantitative estimate of drug-likeness (QED) is 0.417. The SMILES string of the molecule is COc1ccc(C2(c3cccc(-c4cncc(OC)c4)c3)N=Cc3ccc(F)cc32)cc1. The minimum absolute atomic E-state index is 0.291. The lowest BCUT2D eigenvalue weighted by atomic mass is 9.77. The lowest BCUT2D eigenvalue weighted by Gasteiger charge is -2.30. The number of benzene rings is 3. The van der Waals surface area contributed by atoms with Crippen LogP contribution in [0.5, 0.6) is 11.5 Å². The van der Waals surface area contributed by atoms with E-state index in [0.717, 1.165) is 39.1 Å². The van der Waals surface area contributed by atoms with Crippen molar-refractivity contribution in [1.29, 1.82) is 0 Å². The first-order valence-electron chi connectivity index (χ1n) is 10.2. The predicted octanol–water partition coefficient (Wildman–Crippen LogP) is 5.63. The molecule has 0 amide bonds. The lowest BCUT2D eigenvalue weighted by molar-refractivity contribution is 0.413. The van der Waals surface area contributed by atoms with Gasteiger partial charge in [-0.25, -0.2) is 4.39 Å². The summed E-state index contributed by atoms with van der Waals surface area (Å²) in [7, 11) is 3.25. The summed E-state index contributed by atoms with van der Waals surface area (Å²) in [6.45, 7) is 0. The maximum Gasteiger partial charge on any atom is 0.137 e. The molecule has 1 unspecified atom stereocenters. The fourth-order valence-electron chi connectivity index (χ4n) is 4.26. The van der Waals surface area contributed by atoms with Gasteiger partial charge in [0.25, 0.3) is 0 Å². The monoisotopic (exact) mass is 424 g/mol. The van der Waals surface area contributed by atoms with Gasteiger partial charge >= 0.3 is 0 Å². The van der Waals surface area contributed by atoms with Crippen molar-refractivity contribution in [2.75, 3.05) is 14.2 Å². The summed E-state index contributed by atoms with van der Waals surface area (Å²) in [6.07, 6.45) is 5.29. The molecule has 3 aromatic carbocycles. The van der Waals surface area contributed by atoms with Gasteiger partial charge in [-0.15, -0.1) is 0 Å². The number of hydrogen-bond acceptors (Lipinski definition) is 4. The smallest absolute Gasteiger partial charge is 0.137 e. The Bertz CT molecular complexity index is 1320. The number of hydrogen-bond donors (Lipinski definition) is 0. The number of methoxy groups -OCH3 is 2. The van der Waals surface area contributed by atoms with Gasteiger partial charge in [0.05, 0.1) is 20.4 Å². The Morgan fingerprint density at radius 3 is 2.34 bits per heavy atom. The fourth-order valence-corrected chi connectivity index (χ4v) is 4.26. The molecule has 4 nitrogen and oxygen atoms in total. The third-order valence-electron chi connectivity index (χ3n) is 5.87. The zero-order chi connectivity index (χ0) is 22.1. The van der Waals surface area contributed by atoms with E-state index >= 15 is 0 Å². The molecular weight excluding hydrogens is 403 g/mol. The van der Waals surface area contributed by atoms with Crippen LogP contribution in [-0.2, 0) is 5.54 Å². The van der Waals surface area contributed by atoms with Crippen molar-refractivity contribution in [3.8, 4) is 22.6 Å². The summed E-state index contributed by atoms with van der Waals surface area (Å²) < 4.78 is 25.1. The molecule has 1 atom stereocenters. The fraction of sp³-hybridized carbons (Fsp3) is 0.111. The van der Waals surface area contributed by atoms with Crippen molar-refractivity contribution in [3.63, 3.8) is 0 Å². The van der Waals surface area contributed by atoms with Crippen LogP contribution in [0.1, 0.15) is 22.3 Å². The van der Waals surface area contributed by atoms with Gasteiger partial charge in [-0.05, 0) is 58.7 Å². The highest BCUT2D eigenvalue weighted by atomic mass is 19.1. The lowest BCUT2D eigenvalue weighted by Crippen LogP contribution is -2.25. The van der Waals surface area contributed by atoms with Crippen LogP contribution >= 0.6 is 0 Å². The first-order chi connectivity index (χ1) is 15.6. The average molecular weight is 424 g/mol. The molecule has 0 saturated heterocycles. The van der Waals surface area contributed by atoms with Crippen LogP contribution in [0.25, 0.3) is 11.1 Å². The van der Waals surface area contributed by atoms with Gasteiger partial charge in [0.2, 0.25) is 0 Å². The molecule has 5 heteroatoms. The number of ether oxygens (including phenoxy) is 2. The highest BCUT2D eigenvalue weighted by Gasteiger charge is 2.40. The number of rotatable bonds is 5. The number of aromatic nitrogens is 1. The second-order valence-corrected chi connectivity index (χ2v) is 7.62. The Morgan fingerprint density at radius 1 is 0.750 bits per heavy atom. The van der Waals surface area contributed by atoms with E-state index in [2.05, 4.69) is 11.1 Å². The normalized spacial score (nSPS) is 16.6. The third kappa shape index (κ3) is 3.23. The van der Waals surface area contributed by atoms with Crippen molar-refractivity contribution in [3.05, 3.63) is 113 Å². The Kier molecular flexibility index (Phi) is 4.94. The van der Waals surface area contributed by atoms with Crippen LogP contribution in [0.15, 0.2) is 90.2 Å². The molecule has 0 saturated carbocycles. The predicted molar refractivity (Wildman–Crippen MR) is 123 cm³/mol. The molecule has 5 rings (SSSR count). The molecule has 2 heterocycles. The summed E-state index contributed by atoms with van der Waals surface area (Å²) >= 11 is 0. The van der Waals surface area contributed by atoms with Crippen LogP contribution < -0.4 is 9.47 Å². The number of pyridine rings is 1. The maximum absolute atomic E-state index is 14.4. The number of nitrogens with zero attached hydrogens (tertiary/aromatic N) is 2. The largest absolute Gasteiger partial charge is 0.497 e. The molecule has 0 spiro atoms. The zero-order valence-electron chi connectivity index (χ0n) is 17.7. The van der Waals surface area contributed by atoms with E-state index in [1.165, 1.54) is 6.07 Å². The maximum atomic E-state index is 14.4. The second kappa shape index (κ2) is 7.93. The van der Waals surface area contributed by atoms with Crippen molar-refractivity contribution >= 4 is 6.21 Å². The Morgan fingerprint density at radius 2 is 1.56 bits per heavy atom.